The molecular weight excluding hydrogens is 256 g/mol. The van der Waals surface area contributed by atoms with Crippen molar-refractivity contribution in [3.63, 3.8) is 0 Å². The monoisotopic (exact) mass is 278 g/mol. The van der Waals surface area contributed by atoms with Gasteiger partial charge in [-0.25, -0.2) is 0 Å². The third kappa shape index (κ3) is 4.57. The highest BCUT2D eigenvalue weighted by molar-refractivity contribution is 5.98. The van der Waals surface area contributed by atoms with Crippen LogP contribution in [-0.4, -0.2) is 18.4 Å². The topological polar surface area (TPSA) is 67.4 Å². The van der Waals surface area contributed by atoms with Crippen molar-refractivity contribution in [1.82, 2.24) is 10.9 Å². The molecule has 0 saturated carbocycles. The molecule has 20 heavy (non-hydrogen) atoms. The van der Waals surface area contributed by atoms with Gasteiger partial charge >= 0.3 is 0 Å². The largest absolute Gasteiger partial charge is 0.493 e. The molecule has 0 spiro atoms. The average molecular weight is 278 g/mol. The van der Waals surface area contributed by atoms with E-state index in [4.69, 9.17) is 4.74 Å². The maximum Gasteiger partial charge on any atom is 0.273 e. The van der Waals surface area contributed by atoms with Crippen LogP contribution < -0.4 is 15.6 Å². The van der Waals surface area contributed by atoms with Crippen molar-refractivity contribution in [2.24, 2.45) is 5.41 Å². The molecule has 0 bridgehead atoms. The summed E-state index contributed by atoms with van der Waals surface area (Å²) in [6.45, 7) is 7.84. The van der Waals surface area contributed by atoms with Gasteiger partial charge in [-0.2, -0.15) is 0 Å². The van der Waals surface area contributed by atoms with Crippen LogP contribution in [0.4, 0.5) is 0 Å². The molecule has 1 rings (SSSR count). The Morgan fingerprint density at radius 2 is 1.80 bits per heavy atom. The SMILES string of the molecule is CCCOc1ccccc1C(=O)NNC(=O)C(C)(C)C. The van der Waals surface area contributed by atoms with Gasteiger partial charge in [-0.3, -0.25) is 20.4 Å². The van der Waals surface area contributed by atoms with Crippen LogP contribution >= 0.6 is 0 Å². The van der Waals surface area contributed by atoms with Gasteiger partial charge in [0, 0.05) is 5.41 Å². The molecule has 0 aliphatic heterocycles. The van der Waals surface area contributed by atoms with Crippen molar-refractivity contribution < 1.29 is 14.3 Å². The quantitative estimate of drug-likeness (QED) is 0.830. The number of carbonyl (C=O) groups is 2. The van der Waals surface area contributed by atoms with Gasteiger partial charge in [0.1, 0.15) is 5.75 Å². The maximum absolute atomic E-state index is 12.1. The van der Waals surface area contributed by atoms with E-state index in [-0.39, 0.29) is 5.91 Å². The Bertz CT molecular complexity index is 478. The van der Waals surface area contributed by atoms with Crippen LogP contribution in [0.2, 0.25) is 0 Å². The molecule has 0 fully saturated rings. The van der Waals surface area contributed by atoms with Gasteiger partial charge in [0.05, 0.1) is 12.2 Å². The molecule has 0 saturated heterocycles. The molecule has 1 aromatic rings. The minimum Gasteiger partial charge on any atom is -0.493 e. The third-order valence-electron chi connectivity index (χ3n) is 2.56. The first kappa shape index (κ1) is 16.0. The second kappa shape index (κ2) is 6.93. The molecule has 2 N–H and O–H groups in total. The van der Waals surface area contributed by atoms with E-state index in [0.29, 0.717) is 17.9 Å². The standard InChI is InChI=1S/C15H22N2O3/c1-5-10-20-12-9-7-6-8-11(12)13(18)16-17-14(19)15(2,3)4/h6-9H,5,10H2,1-4H3,(H,16,18)(H,17,19). The van der Waals surface area contributed by atoms with E-state index in [2.05, 4.69) is 10.9 Å². The van der Waals surface area contributed by atoms with Gasteiger partial charge in [0.15, 0.2) is 0 Å². The molecule has 0 aliphatic rings. The second-order valence-electron chi connectivity index (χ2n) is 5.50. The molecule has 0 aliphatic carbocycles. The minimum absolute atomic E-state index is 0.252. The first-order chi connectivity index (χ1) is 9.36. The number of amides is 2. The fourth-order valence-corrected chi connectivity index (χ4v) is 1.36. The molecule has 110 valence electrons. The number of hydrogen-bond acceptors (Lipinski definition) is 3. The zero-order valence-electron chi connectivity index (χ0n) is 12.4. The van der Waals surface area contributed by atoms with Crippen molar-refractivity contribution in [2.45, 2.75) is 34.1 Å². The predicted octanol–water partition coefficient (Wildman–Crippen LogP) is 2.28. The van der Waals surface area contributed by atoms with Gasteiger partial charge < -0.3 is 4.74 Å². The van der Waals surface area contributed by atoms with Gasteiger partial charge in [-0.05, 0) is 18.6 Å². The lowest BCUT2D eigenvalue weighted by atomic mass is 9.96. The number of hydrogen-bond donors (Lipinski definition) is 2. The lowest BCUT2D eigenvalue weighted by molar-refractivity contribution is -0.129. The molecule has 1 aromatic carbocycles. The minimum atomic E-state index is -0.564. The predicted molar refractivity (Wildman–Crippen MR) is 77.3 cm³/mol. The highest BCUT2D eigenvalue weighted by Crippen LogP contribution is 2.18. The second-order valence-corrected chi connectivity index (χ2v) is 5.50. The Balaban J connectivity index is 2.70. The van der Waals surface area contributed by atoms with Crippen molar-refractivity contribution >= 4 is 11.8 Å². The van der Waals surface area contributed by atoms with Crippen LogP contribution in [0, 0.1) is 5.41 Å². The molecule has 0 heterocycles. The molecule has 2 amide bonds. The van der Waals surface area contributed by atoms with E-state index in [0.717, 1.165) is 6.42 Å². The summed E-state index contributed by atoms with van der Waals surface area (Å²) in [7, 11) is 0. The van der Waals surface area contributed by atoms with Crippen LogP contribution in [0.3, 0.4) is 0 Å². The van der Waals surface area contributed by atoms with Crippen LogP contribution in [0.15, 0.2) is 24.3 Å². The first-order valence-corrected chi connectivity index (χ1v) is 6.69. The summed E-state index contributed by atoms with van der Waals surface area (Å²) >= 11 is 0. The zero-order chi connectivity index (χ0) is 15.2. The van der Waals surface area contributed by atoms with Crippen molar-refractivity contribution in [3.05, 3.63) is 29.8 Å². The summed E-state index contributed by atoms with van der Waals surface area (Å²) in [6, 6.07) is 6.94. The number of nitrogens with one attached hydrogen (secondary N) is 2. The maximum atomic E-state index is 12.1. The summed E-state index contributed by atoms with van der Waals surface area (Å²) in [5.74, 6) is -0.135. The van der Waals surface area contributed by atoms with Gasteiger partial charge in [-0.1, -0.05) is 39.8 Å². The zero-order valence-corrected chi connectivity index (χ0v) is 12.4. The van der Waals surface area contributed by atoms with Crippen LogP contribution in [0.1, 0.15) is 44.5 Å². The fraction of sp³-hybridized carbons (Fsp3) is 0.467. The fourth-order valence-electron chi connectivity index (χ4n) is 1.36. The van der Waals surface area contributed by atoms with E-state index in [1.165, 1.54) is 0 Å². The molecule has 0 aromatic heterocycles. The van der Waals surface area contributed by atoms with E-state index >= 15 is 0 Å². The molecule has 5 heteroatoms. The van der Waals surface area contributed by atoms with E-state index in [1.807, 2.05) is 6.92 Å². The van der Waals surface area contributed by atoms with Gasteiger partial charge in [0.25, 0.3) is 5.91 Å². The number of carbonyl (C=O) groups excluding carboxylic acids is 2. The molecule has 5 nitrogen and oxygen atoms in total. The number of para-hydroxylation sites is 1. The Kier molecular flexibility index (Phi) is 5.55. The Morgan fingerprint density at radius 1 is 1.15 bits per heavy atom. The Morgan fingerprint density at radius 3 is 2.40 bits per heavy atom. The third-order valence-corrected chi connectivity index (χ3v) is 2.56. The van der Waals surface area contributed by atoms with E-state index in [1.54, 1.807) is 45.0 Å². The van der Waals surface area contributed by atoms with Gasteiger partial charge in [0.2, 0.25) is 5.91 Å². The number of ether oxygens (including phenoxy) is 1. The van der Waals surface area contributed by atoms with E-state index in [9.17, 15) is 9.59 Å². The summed E-state index contributed by atoms with van der Waals surface area (Å²) in [6.07, 6.45) is 0.858. The van der Waals surface area contributed by atoms with Crippen molar-refractivity contribution in [3.8, 4) is 5.75 Å². The van der Waals surface area contributed by atoms with Crippen molar-refractivity contribution in [1.29, 1.82) is 0 Å². The van der Waals surface area contributed by atoms with Crippen LogP contribution in [0.5, 0.6) is 5.75 Å². The Labute approximate surface area is 119 Å². The molecule has 0 unspecified atom stereocenters. The highest BCUT2D eigenvalue weighted by Gasteiger charge is 2.22. The summed E-state index contributed by atoms with van der Waals surface area (Å²) < 4.78 is 5.51. The smallest absolute Gasteiger partial charge is 0.273 e. The number of benzene rings is 1. The highest BCUT2D eigenvalue weighted by atomic mass is 16.5. The molecule has 0 atom stereocenters. The van der Waals surface area contributed by atoms with Crippen LogP contribution in [0.25, 0.3) is 0 Å². The molecule has 0 radical (unpaired) electrons. The lowest BCUT2D eigenvalue weighted by Crippen LogP contribution is -2.46. The van der Waals surface area contributed by atoms with Gasteiger partial charge in [-0.15, -0.1) is 0 Å². The normalized spacial score (nSPS) is 10.8. The van der Waals surface area contributed by atoms with Crippen LogP contribution in [-0.2, 0) is 4.79 Å². The summed E-state index contributed by atoms with van der Waals surface area (Å²) in [5.41, 5.74) is 4.65. The number of hydrazine groups is 1. The molecular formula is C15H22N2O3. The lowest BCUT2D eigenvalue weighted by Gasteiger charge is -2.18. The Hall–Kier alpha value is -2.04. The first-order valence-electron chi connectivity index (χ1n) is 6.69. The average Bonchev–Trinajstić information content (AvgIpc) is 2.41. The van der Waals surface area contributed by atoms with Crippen molar-refractivity contribution in [2.75, 3.05) is 6.61 Å². The number of rotatable bonds is 4. The summed E-state index contributed by atoms with van der Waals surface area (Å²) in [4.78, 5) is 23.8. The summed E-state index contributed by atoms with van der Waals surface area (Å²) in [5, 5.41) is 0. The van der Waals surface area contributed by atoms with E-state index < -0.39 is 11.3 Å².